The molecule has 1 aromatic carbocycles. The van der Waals surface area contributed by atoms with E-state index in [-0.39, 0.29) is 5.91 Å². The van der Waals surface area contributed by atoms with Crippen molar-refractivity contribution in [2.75, 3.05) is 33.2 Å². The summed E-state index contributed by atoms with van der Waals surface area (Å²) in [5.41, 5.74) is 1.73. The van der Waals surface area contributed by atoms with Crippen molar-refractivity contribution < 1.29 is 4.79 Å². The van der Waals surface area contributed by atoms with Crippen molar-refractivity contribution in [2.45, 2.75) is 51.9 Å². The third-order valence-corrected chi connectivity index (χ3v) is 6.63. The molecule has 5 nitrogen and oxygen atoms in total. The van der Waals surface area contributed by atoms with E-state index in [0.717, 1.165) is 38.6 Å². The van der Waals surface area contributed by atoms with Gasteiger partial charge in [0.05, 0.1) is 0 Å². The molecule has 1 unspecified atom stereocenters. The number of likely N-dealkylation sites (tertiary alicyclic amines) is 1. The number of nitrogens with zero attached hydrogens (tertiary/aromatic N) is 2. The van der Waals surface area contributed by atoms with Crippen LogP contribution in [-0.4, -0.2) is 50.0 Å². The van der Waals surface area contributed by atoms with E-state index in [1.807, 2.05) is 18.0 Å². The summed E-state index contributed by atoms with van der Waals surface area (Å²) in [5, 5.41) is 6.99. The largest absolute Gasteiger partial charge is 0.356 e. The van der Waals surface area contributed by atoms with Crippen LogP contribution in [0.1, 0.15) is 51.0 Å². The van der Waals surface area contributed by atoms with Gasteiger partial charge in [0.2, 0.25) is 5.91 Å². The molecule has 2 N–H and O–H groups in total. The molecule has 1 amide bonds. The van der Waals surface area contributed by atoms with E-state index in [1.165, 1.54) is 37.7 Å². The predicted octanol–water partition coefficient (Wildman–Crippen LogP) is 3.21. The van der Waals surface area contributed by atoms with Gasteiger partial charge < -0.3 is 15.5 Å². The number of nitrogens with one attached hydrogen (secondary N) is 2. The van der Waals surface area contributed by atoms with Gasteiger partial charge in [0.25, 0.3) is 0 Å². The second-order valence-electron chi connectivity index (χ2n) is 8.51. The maximum atomic E-state index is 12.4. The lowest BCUT2D eigenvalue weighted by atomic mass is 9.83. The number of hydrogen-bond donors (Lipinski definition) is 2. The van der Waals surface area contributed by atoms with Crippen LogP contribution in [0.2, 0.25) is 0 Å². The Balaban J connectivity index is 1.40. The van der Waals surface area contributed by atoms with Gasteiger partial charge in [-0.15, -0.1) is 0 Å². The van der Waals surface area contributed by atoms with Crippen LogP contribution in [0.3, 0.4) is 0 Å². The van der Waals surface area contributed by atoms with E-state index in [4.69, 9.17) is 0 Å². The SMILES string of the molecule is CCC1(CNC(=NC)NCC2CC(=O)N(CCc3ccccc3)C2)CCCC1. The number of rotatable bonds is 8. The fraction of sp³-hybridized carbons (Fsp3) is 0.652. The molecule has 5 heteroatoms. The Morgan fingerprint density at radius 3 is 2.64 bits per heavy atom. The van der Waals surface area contributed by atoms with E-state index in [2.05, 4.69) is 46.8 Å². The average molecular weight is 385 g/mol. The van der Waals surface area contributed by atoms with Gasteiger partial charge in [-0.05, 0) is 36.7 Å². The first-order valence-electron chi connectivity index (χ1n) is 10.9. The number of hydrogen-bond acceptors (Lipinski definition) is 2. The number of amides is 1. The second-order valence-corrected chi connectivity index (χ2v) is 8.51. The summed E-state index contributed by atoms with van der Waals surface area (Å²) in [4.78, 5) is 18.8. The van der Waals surface area contributed by atoms with Crippen molar-refractivity contribution in [3.8, 4) is 0 Å². The summed E-state index contributed by atoms with van der Waals surface area (Å²) in [5.74, 6) is 1.50. The Morgan fingerprint density at radius 1 is 1.21 bits per heavy atom. The number of guanidine groups is 1. The van der Waals surface area contributed by atoms with Gasteiger partial charge in [0.15, 0.2) is 5.96 Å². The fourth-order valence-corrected chi connectivity index (χ4v) is 4.63. The lowest BCUT2D eigenvalue weighted by Crippen LogP contribution is -2.44. The minimum Gasteiger partial charge on any atom is -0.356 e. The maximum Gasteiger partial charge on any atom is 0.223 e. The van der Waals surface area contributed by atoms with Crippen LogP contribution in [0.25, 0.3) is 0 Å². The van der Waals surface area contributed by atoms with Crippen LogP contribution in [0, 0.1) is 11.3 Å². The minimum atomic E-state index is 0.279. The van der Waals surface area contributed by atoms with Crippen LogP contribution in [0.15, 0.2) is 35.3 Å². The molecule has 1 heterocycles. The first-order chi connectivity index (χ1) is 13.6. The van der Waals surface area contributed by atoms with E-state index < -0.39 is 0 Å². The molecule has 3 rings (SSSR count). The minimum absolute atomic E-state index is 0.279. The Hall–Kier alpha value is -2.04. The predicted molar refractivity (Wildman–Crippen MR) is 115 cm³/mol. The number of carbonyl (C=O) groups is 1. The highest BCUT2D eigenvalue weighted by atomic mass is 16.2. The molecule has 1 aliphatic carbocycles. The molecule has 0 spiro atoms. The molecule has 0 bridgehead atoms. The summed E-state index contributed by atoms with van der Waals surface area (Å²) in [6, 6.07) is 10.4. The average Bonchev–Trinajstić information content (AvgIpc) is 3.34. The first kappa shape index (κ1) is 20.7. The first-order valence-corrected chi connectivity index (χ1v) is 10.9. The smallest absolute Gasteiger partial charge is 0.223 e. The van der Waals surface area contributed by atoms with Crippen LogP contribution < -0.4 is 10.6 Å². The maximum absolute atomic E-state index is 12.4. The molecular formula is C23H36N4O. The van der Waals surface area contributed by atoms with Crippen molar-refractivity contribution in [2.24, 2.45) is 16.3 Å². The van der Waals surface area contributed by atoms with Gasteiger partial charge in [-0.2, -0.15) is 0 Å². The summed E-state index contributed by atoms with van der Waals surface area (Å²) < 4.78 is 0. The summed E-state index contributed by atoms with van der Waals surface area (Å²) in [7, 11) is 1.83. The van der Waals surface area contributed by atoms with Crippen molar-refractivity contribution in [3.05, 3.63) is 35.9 Å². The van der Waals surface area contributed by atoms with E-state index in [9.17, 15) is 4.79 Å². The van der Waals surface area contributed by atoms with Crippen LogP contribution in [-0.2, 0) is 11.2 Å². The third kappa shape index (κ3) is 5.49. The number of carbonyl (C=O) groups excluding carboxylic acids is 1. The van der Waals surface area contributed by atoms with Crippen molar-refractivity contribution in [1.82, 2.24) is 15.5 Å². The molecule has 0 radical (unpaired) electrons. The van der Waals surface area contributed by atoms with Crippen molar-refractivity contribution in [3.63, 3.8) is 0 Å². The molecule has 2 fully saturated rings. The summed E-state index contributed by atoms with van der Waals surface area (Å²) >= 11 is 0. The molecular weight excluding hydrogens is 348 g/mol. The van der Waals surface area contributed by atoms with Gasteiger partial charge in [-0.1, -0.05) is 50.1 Å². The third-order valence-electron chi connectivity index (χ3n) is 6.63. The molecule has 1 atom stereocenters. The summed E-state index contributed by atoms with van der Waals surface area (Å²) in [6.45, 7) is 5.75. The Labute approximate surface area is 170 Å². The van der Waals surface area contributed by atoms with E-state index >= 15 is 0 Å². The van der Waals surface area contributed by atoms with Crippen LogP contribution in [0.5, 0.6) is 0 Å². The zero-order valence-corrected chi connectivity index (χ0v) is 17.5. The van der Waals surface area contributed by atoms with E-state index in [1.54, 1.807) is 0 Å². The summed E-state index contributed by atoms with van der Waals surface area (Å²) in [6.07, 6.45) is 8.13. The quantitative estimate of drug-likeness (QED) is 0.534. The van der Waals surface area contributed by atoms with E-state index in [0.29, 0.717) is 17.8 Å². The number of benzene rings is 1. The second kappa shape index (κ2) is 9.94. The van der Waals surface area contributed by atoms with Crippen molar-refractivity contribution >= 4 is 11.9 Å². The van der Waals surface area contributed by atoms with Crippen LogP contribution >= 0.6 is 0 Å². The monoisotopic (exact) mass is 384 g/mol. The Bertz CT molecular complexity index is 652. The highest BCUT2D eigenvalue weighted by Crippen LogP contribution is 2.40. The lowest BCUT2D eigenvalue weighted by Gasteiger charge is -2.28. The zero-order valence-electron chi connectivity index (χ0n) is 17.5. The number of aliphatic imine (C=N–C) groups is 1. The Morgan fingerprint density at radius 2 is 1.96 bits per heavy atom. The molecule has 28 heavy (non-hydrogen) atoms. The van der Waals surface area contributed by atoms with Crippen LogP contribution in [0.4, 0.5) is 0 Å². The fourth-order valence-electron chi connectivity index (χ4n) is 4.63. The molecule has 2 aliphatic rings. The van der Waals surface area contributed by atoms with Gasteiger partial charge in [-0.25, -0.2) is 0 Å². The lowest BCUT2D eigenvalue weighted by molar-refractivity contribution is -0.127. The highest BCUT2D eigenvalue weighted by Gasteiger charge is 2.32. The normalized spacial score (nSPS) is 21.9. The molecule has 1 aromatic rings. The molecule has 1 aliphatic heterocycles. The Kier molecular flexibility index (Phi) is 7.35. The van der Waals surface area contributed by atoms with Gasteiger partial charge >= 0.3 is 0 Å². The molecule has 154 valence electrons. The van der Waals surface area contributed by atoms with Crippen molar-refractivity contribution in [1.29, 1.82) is 0 Å². The molecule has 0 aromatic heterocycles. The zero-order chi connectivity index (χ0) is 19.8. The van der Waals surface area contributed by atoms with Gasteiger partial charge in [-0.3, -0.25) is 9.79 Å². The topological polar surface area (TPSA) is 56.7 Å². The molecule has 1 saturated heterocycles. The highest BCUT2D eigenvalue weighted by molar-refractivity contribution is 5.80. The van der Waals surface area contributed by atoms with Gasteiger partial charge in [0, 0.05) is 45.6 Å². The standard InChI is InChI=1S/C23H36N4O/c1-3-23(12-7-8-13-23)18-26-22(24-2)25-16-20-15-21(28)27(17-20)14-11-19-9-5-4-6-10-19/h4-6,9-10,20H,3,7-8,11-18H2,1-2H3,(H2,24,25,26). The molecule has 1 saturated carbocycles. The van der Waals surface area contributed by atoms with Gasteiger partial charge in [0.1, 0.15) is 0 Å².